The van der Waals surface area contributed by atoms with Crippen molar-refractivity contribution in [2.24, 2.45) is 0 Å². The van der Waals surface area contributed by atoms with Crippen molar-refractivity contribution in [1.29, 1.82) is 0 Å². The third kappa shape index (κ3) is 4.02. The van der Waals surface area contributed by atoms with Crippen molar-refractivity contribution >= 4 is 11.4 Å². The van der Waals surface area contributed by atoms with Crippen LogP contribution in [0.2, 0.25) is 0 Å². The molecule has 22 heavy (non-hydrogen) atoms. The monoisotopic (exact) mass is 291 g/mol. The molecule has 1 heteroatoms. The van der Waals surface area contributed by atoms with Crippen LogP contribution in [0.4, 0.5) is 5.69 Å². The number of aryl methyl sites for hydroxylation is 3. The van der Waals surface area contributed by atoms with Crippen molar-refractivity contribution in [2.45, 2.75) is 34.6 Å². The van der Waals surface area contributed by atoms with E-state index in [0.717, 1.165) is 11.4 Å². The molecule has 0 fully saturated rings. The van der Waals surface area contributed by atoms with Gasteiger partial charge >= 0.3 is 0 Å². The van der Waals surface area contributed by atoms with Gasteiger partial charge in [-0.25, -0.2) is 0 Å². The summed E-state index contributed by atoms with van der Waals surface area (Å²) in [5.74, 6) is 0. The minimum atomic E-state index is 1.14. The number of anilines is 1. The summed E-state index contributed by atoms with van der Waals surface area (Å²) in [5, 5.41) is 3.54. The smallest absolute Gasteiger partial charge is 0.0417 e. The molecule has 0 aliphatic carbocycles. The maximum atomic E-state index is 4.00. The Morgan fingerprint density at radius 1 is 0.909 bits per heavy atom. The third-order valence-corrected chi connectivity index (χ3v) is 3.97. The van der Waals surface area contributed by atoms with Crippen LogP contribution < -0.4 is 5.32 Å². The zero-order valence-corrected chi connectivity index (χ0v) is 14.2. The summed E-state index contributed by atoms with van der Waals surface area (Å²) in [6.07, 6.45) is 10.1. The predicted octanol–water partition coefficient (Wildman–Crippen LogP) is 5.64. The molecule has 0 unspecified atom stereocenters. The highest BCUT2D eigenvalue weighted by atomic mass is 14.9. The summed E-state index contributed by atoms with van der Waals surface area (Å²) >= 11 is 0. The Morgan fingerprint density at radius 2 is 1.59 bits per heavy atom. The van der Waals surface area contributed by atoms with Crippen molar-refractivity contribution in [3.63, 3.8) is 0 Å². The van der Waals surface area contributed by atoms with Gasteiger partial charge in [-0.1, -0.05) is 30.3 Å². The van der Waals surface area contributed by atoms with Crippen LogP contribution in [0.25, 0.3) is 5.70 Å². The Hall–Kier alpha value is -2.46. The first kappa shape index (κ1) is 17.6. The van der Waals surface area contributed by atoms with Crippen LogP contribution in [-0.2, 0) is 0 Å². The van der Waals surface area contributed by atoms with Crippen LogP contribution >= 0.6 is 0 Å². The van der Waals surface area contributed by atoms with Crippen molar-refractivity contribution in [2.75, 3.05) is 5.32 Å². The van der Waals surface area contributed by atoms with E-state index in [2.05, 4.69) is 95.3 Å². The molecular formula is C21H25N. The van der Waals surface area contributed by atoms with Gasteiger partial charge in [-0.3, -0.25) is 0 Å². The van der Waals surface area contributed by atoms with Gasteiger partial charge in [-0.15, -0.1) is 12.8 Å². The van der Waals surface area contributed by atoms with Crippen molar-refractivity contribution < 1.29 is 0 Å². The molecule has 2 aromatic carbocycles. The molecule has 0 amide bonds. The zero-order chi connectivity index (χ0) is 16.7. The van der Waals surface area contributed by atoms with Crippen LogP contribution in [-0.4, -0.2) is 0 Å². The summed E-state index contributed by atoms with van der Waals surface area (Å²) in [4.78, 5) is 0. The number of hydrogen-bond donors (Lipinski definition) is 1. The minimum absolute atomic E-state index is 1.14. The van der Waals surface area contributed by atoms with Gasteiger partial charge in [-0.05, 0) is 69.0 Å². The van der Waals surface area contributed by atoms with Gasteiger partial charge in [0, 0.05) is 16.9 Å². The Bertz CT molecular complexity index is 690. The molecule has 2 rings (SSSR count). The normalized spacial score (nSPS) is 10.6. The van der Waals surface area contributed by atoms with Crippen LogP contribution in [0.5, 0.6) is 0 Å². The first-order chi connectivity index (χ1) is 10.5. The fourth-order valence-corrected chi connectivity index (χ4v) is 2.31. The first-order valence-corrected chi connectivity index (χ1v) is 7.43. The molecule has 0 atom stereocenters. The van der Waals surface area contributed by atoms with Crippen LogP contribution in [0, 0.1) is 40.5 Å². The number of terminal acetylenes is 1. The molecule has 0 saturated carbocycles. The van der Waals surface area contributed by atoms with Gasteiger partial charge in [0.1, 0.15) is 0 Å². The lowest BCUT2D eigenvalue weighted by molar-refractivity contribution is 1.30. The van der Waals surface area contributed by atoms with E-state index in [4.69, 9.17) is 0 Å². The second-order valence-electron chi connectivity index (χ2n) is 5.37. The van der Waals surface area contributed by atoms with Gasteiger partial charge in [-0.2, -0.15) is 0 Å². The molecular weight excluding hydrogens is 266 g/mol. The average Bonchev–Trinajstić information content (AvgIpc) is 2.53. The third-order valence-electron chi connectivity index (χ3n) is 3.97. The Kier molecular flexibility index (Phi) is 6.47. The predicted molar refractivity (Wildman–Crippen MR) is 99.0 cm³/mol. The lowest BCUT2D eigenvalue weighted by Crippen LogP contribution is -2.02. The zero-order valence-electron chi connectivity index (χ0n) is 14.2. The van der Waals surface area contributed by atoms with Crippen LogP contribution in [0.3, 0.4) is 0 Å². The van der Waals surface area contributed by atoms with E-state index < -0.39 is 0 Å². The van der Waals surface area contributed by atoms with Crippen LogP contribution in [0.1, 0.15) is 34.7 Å². The van der Waals surface area contributed by atoms with Gasteiger partial charge in [0.05, 0.1) is 0 Å². The van der Waals surface area contributed by atoms with E-state index in [1.54, 1.807) is 0 Å². The molecule has 0 spiro atoms. The van der Waals surface area contributed by atoms with E-state index in [0.29, 0.717) is 0 Å². The summed E-state index contributed by atoms with van der Waals surface area (Å²) < 4.78 is 0. The maximum Gasteiger partial charge on any atom is 0.0417 e. The highest BCUT2D eigenvalue weighted by Crippen LogP contribution is 2.24. The second-order valence-corrected chi connectivity index (χ2v) is 5.37. The lowest BCUT2D eigenvalue weighted by Gasteiger charge is -2.15. The fourth-order valence-electron chi connectivity index (χ4n) is 2.31. The number of allylic oxidation sites excluding steroid dienone is 1. The topological polar surface area (TPSA) is 12.0 Å². The van der Waals surface area contributed by atoms with E-state index in [1.165, 1.54) is 27.8 Å². The van der Waals surface area contributed by atoms with Gasteiger partial charge < -0.3 is 5.32 Å². The molecule has 1 nitrogen and oxygen atoms in total. The number of nitrogens with one attached hydrogen (secondary N) is 1. The van der Waals surface area contributed by atoms with E-state index in [-0.39, 0.29) is 0 Å². The average molecular weight is 291 g/mol. The van der Waals surface area contributed by atoms with E-state index in [9.17, 15) is 0 Å². The lowest BCUT2D eigenvalue weighted by atomic mass is 10.0. The highest BCUT2D eigenvalue weighted by molar-refractivity contribution is 5.78. The molecule has 0 aromatic heterocycles. The minimum Gasteiger partial charge on any atom is -0.355 e. The first-order valence-electron chi connectivity index (χ1n) is 7.43. The van der Waals surface area contributed by atoms with Crippen molar-refractivity contribution in [1.82, 2.24) is 0 Å². The molecule has 0 radical (unpaired) electrons. The number of rotatable bonds is 3. The molecule has 114 valence electrons. The summed E-state index contributed by atoms with van der Waals surface area (Å²) in [5.41, 5.74) is 8.86. The molecule has 0 saturated heterocycles. The number of hydrogen-bond acceptors (Lipinski definition) is 1. The molecule has 2 aromatic rings. The standard InChI is InChI=1S/C19H23N.C2H2/c1-6-19(18-9-7-8-14(3)16(18)5)20-17-11-10-13(2)15(4)12-17;1-2/h6-12,20H,1-5H3;1-2H/b19-6+;. The quantitative estimate of drug-likeness (QED) is 0.721. The molecule has 0 aliphatic rings. The summed E-state index contributed by atoms with van der Waals surface area (Å²) in [7, 11) is 0. The Balaban J connectivity index is 0.00000116. The molecule has 0 aliphatic heterocycles. The Labute approximate surface area is 135 Å². The maximum absolute atomic E-state index is 4.00. The molecule has 1 N–H and O–H groups in total. The molecule has 0 bridgehead atoms. The number of benzene rings is 2. The molecule has 0 heterocycles. The summed E-state index contributed by atoms with van der Waals surface area (Å²) in [6.45, 7) is 10.7. The van der Waals surface area contributed by atoms with Gasteiger partial charge in [0.2, 0.25) is 0 Å². The van der Waals surface area contributed by atoms with E-state index in [1.807, 2.05) is 0 Å². The second kappa shape index (κ2) is 8.10. The van der Waals surface area contributed by atoms with E-state index >= 15 is 0 Å². The highest BCUT2D eigenvalue weighted by Gasteiger charge is 2.06. The van der Waals surface area contributed by atoms with Crippen molar-refractivity contribution in [3.8, 4) is 12.8 Å². The SMILES string of the molecule is C#C.C/C=C(/Nc1ccc(C)c(C)c1)c1cccc(C)c1C. The Morgan fingerprint density at radius 3 is 2.18 bits per heavy atom. The van der Waals surface area contributed by atoms with Crippen LogP contribution in [0.15, 0.2) is 42.5 Å². The fraction of sp³-hybridized carbons (Fsp3) is 0.238. The van der Waals surface area contributed by atoms with Crippen molar-refractivity contribution in [3.05, 3.63) is 70.3 Å². The largest absolute Gasteiger partial charge is 0.355 e. The summed E-state index contributed by atoms with van der Waals surface area (Å²) in [6, 6.07) is 12.9. The van der Waals surface area contributed by atoms with Gasteiger partial charge in [0.15, 0.2) is 0 Å². The van der Waals surface area contributed by atoms with Gasteiger partial charge in [0.25, 0.3) is 0 Å².